The van der Waals surface area contributed by atoms with E-state index in [0.29, 0.717) is 18.4 Å². The fraction of sp³-hybridized carbons (Fsp3) is 0.692. The zero-order valence-corrected chi connectivity index (χ0v) is 11.9. The topological polar surface area (TPSA) is 38.2 Å². The van der Waals surface area contributed by atoms with Crippen molar-refractivity contribution in [2.75, 3.05) is 24.6 Å². The molecule has 0 saturated carbocycles. The maximum atomic E-state index is 6.25. The zero-order valence-electron chi connectivity index (χ0n) is 11.2. The first-order valence-corrected chi connectivity index (χ1v) is 6.91. The van der Waals surface area contributed by atoms with Crippen molar-refractivity contribution in [2.45, 2.75) is 32.6 Å². The zero-order chi connectivity index (χ0) is 13.1. The first kappa shape index (κ1) is 13.4. The molecule has 1 fully saturated rings. The van der Waals surface area contributed by atoms with Crippen molar-refractivity contribution in [2.24, 2.45) is 5.92 Å². The summed E-state index contributed by atoms with van der Waals surface area (Å²) in [4.78, 5) is 11.0. The number of hydrogen-bond donors (Lipinski definition) is 0. The molecule has 18 heavy (non-hydrogen) atoms. The number of halogens is 1. The SMILES string of the molecule is CCOc1cc(N2CCC(Cl)C(C)C2)nc(C)n1. The van der Waals surface area contributed by atoms with Crippen LogP contribution < -0.4 is 9.64 Å². The lowest BCUT2D eigenvalue weighted by Gasteiger charge is -2.35. The van der Waals surface area contributed by atoms with E-state index in [-0.39, 0.29) is 5.38 Å². The van der Waals surface area contributed by atoms with E-state index in [1.54, 1.807) is 0 Å². The van der Waals surface area contributed by atoms with Gasteiger partial charge in [0.05, 0.1) is 6.61 Å². The standard InChI is InChI=1S/C13H20ClN3O/c1-4-18-13-7-12(15-10(3)16-13)17-6-5-11(14)9(2)8-17/h7,9,11H,4-6,8H2,1-3H3. The highest BCUT2D eigenvalue weighted by Crippen LogP contribution is 2.26. The molecule has 100 valence electrons. The summed E-state index contributed by atoms with van der Waals surface area (Å²) in [5, 5.41) is 0.274. The predicted molar refractivity (Wildman–Crippen MR) is 73.6 cm³/mol. The van der Waals surface area contributed by atoms with E-state index in [2.05, 4.69) is 21.8 Å². The van der Waals surface area contributed by atoms with Crippen LogP contribution in [-0.4, -0.2) is 35.0 Å². The molecular formula is C13H20ClN3O. The molecule has 0 radical (unpaired) electrons. The molecule has 1 aliphatic rings. The minimum atomic E-state index is 0.274. The third-order valence-corrected chi connectivity index (χ3v) is 3.87. The van der Waals surface area contributed by atoms with Crippen LogP contribution in [0, 0.1) is 12.8 Å². The van der Waals surface area contributed by atoms with Gasteiger partial charge in [0.15, 0.2) is 0 Å². The molecule has 0 amide bonds. The Hall–Kier alpha value is -1.03. The molecule has 0 aromatic carbocycles. The van der Waals surface area contributed by atoms with Gasteiger partial charge >= 0.3 is 0 Å². The van der Waals surface area contributed by atoms with Gasteiger partial charge in [0.1, 0.15) is 11.6 Å². The van der Waals surface area contributed by atoms with Gasteiger partial charge < -0.3 is 9.64 Å². The molecule has 2 heterocycles. The van der Waals surface area contributed by atoms with Gasteiger partial charge in [-0.3, -0.25) is 0 Å². The Morgan fingerprint density at radius 1 is 1.50 bits per heavy atom. The number of anilines is 1. The maximum Gasteiger partial charge on any atom is 0.218 e. The van der Waals surface area contributed by atoms with Gasteiger partial charge in [0.25, 0.3) is 0 Å². The van der Waals surface area contributed by atoms with Crippen molar-refractivity contribution in [3.8, 4) is 5.88 Å². The van der Waals surface area contributed by atoms with Gasteiger partial charge in [-0.05, 0) is 26.2 Å². The Morgan fingerprint density at radius 2 is 2.28 bits per heavy atom. The molecule has 1 aliphatic heterocycles. The number of rotatable bonds is 3. The molecule has 1 aromatic rings. The van der Waals surface area contributed by atoms with Gasteiger partial charge in [0.2, 0.25) is 5.88 Å². The van der Waals surface area contributed by atoms with Crippen LogP contribution in [0.3, 0.4) is 0 Å². The summed E-state index contributed by atoms with van der Waals surface area (Å²) in [7, 11) is 0. The van der Waals surface area contributed by atoms with E-state index in [0.717, 1.165) is 31.2 Å². The fourth-order valence-electron chi connectivity index (χ4n) is 2.23. The van der Waals surface area contributed by atoms with Crippen molar-refractivity contribution in [1.29, 1.82) is 0 Å². The van der Waals surface area contributed by atoms with Crippen LogP contribution in [0.4, 0.5) is 5.82 Å². The second kappa shape index (κ2) is 5.74. The van der Waals surface area contributed by atoms with Gasteiger partial charge in [-0.2, -0.15) is 4.98 Å². The Kier molecular flexibility index (Phi) is 4.27. The van der Waals surface area contributed by atoms with E-state index in [1.165, 1.54) is 0 Å². The molecule has 0 bridgehead atoms. The Morgan fingerprint density at radius 3 is 2.94 bits per heavy atom. The minimum absolute atomic E-state index is 0.274. The Labute approximate surface area is 113 Å². The van der Waals surface area contributed by atoms with E-state index >= 15 is 0 Å². The van der Waals surface area contributed by atoms with Crippen molar-refractivity contribution in [1.82, 2.24) is 9.97 Å². The lowest BCUT2D eigenvalue weighted by Crippen LogP contribution is -2.40. The summed E-state index contributed by atoms with van der Waals surface area (Å²) in [5.74, 6) is 2.82. The number of aryl methyl sites for hydroxylation is 1. The first-order chi connectivity index (χ1) is 8.60. The lowest BCUT2D eigenvalue weighted by molar-refractivity contribution is 0.325. The molecule has 4 nitrogen and oxygen atoms in total. The average Bonchev–Trinajstić information content (AvgIpc) is 2.32. The normalized spacial score (nSPS) is 24.1. The molecule has 5 heteroatoms. The molecule has 1 saturated heterocycles. The molecule has 1 aromatic heterocycles. The summed E-state index contributed by atoms with van der Waals surface area (Å²) < 4.78 is 5.46. The van der Waals surface area contributed by atoms with Crippen LogP contribution in [0.1, 0.15) is 26.1 Å². The molecule has 0 spiro atoms. The largest absolute Gasteiger partial charge is 0.478 e. The summed E-state index contributed by atoms with van der Waals surface area (Å²) in [5.41, 5.74) is 0. The predicted octanol–water partition coefficient (Wildman–Crippen LogP) is 2.64. The van der Waals surface area contributed by atoms with Crippen molar-refractivity contribution in [3.63, 3.8) is 0 Å². The molecule has 2 rings (SSSR count). The molecule has 0 N–H and O–H groups in total. The number of alkyl halides is 1. The quantitative estimate of drug-likeness (QED) is 0.791. The number of piperidine rings is 1. The monoisotopic (exact) mass is 269 g/mol. The molecule has 0 aliphatic carbocycles. The average molecular weight is 270 g/mol. The van der Waals surface area contributed by atoms with Gasteiger partial charge in [-0.25, -0.2) is 4.98 Å². The number of nitrogens with zero attached hydrogens (tertiary/aromatic N) is 3. The summed E-state index contributed by atoms with van der Waals surface area (Å²) >= 11 is 6.25. The fourth-order valence-corrected chi connectivity index (χ4v) is 2.41. The minimum Gasteiger partial charge on any atom is -0.478 e. The summed E-state index contributed by atoms with van der Waals surface area (Å²) in [6.45, 7) is 8.54. The van der Waals surface area contributed by atoms with Crippen LogP contribution in [-0.2, 0) is 0 Å². The highest BCUT2D eigenvalue weighted by atomic mass is 35.5. The summed E-state index contributed by atoms with van der Waals surface area (Å²) in [6.07, 6.45) is 0.996. The Bertz CT molecular complexity index is 413. The van der Waals surface area contributed by atoms with E-state index in [4.69, 9.17) is 16.3 Å². The second-order valence-corrected chi connectivity index (χ2v) is 5.33. The first-order valence-electron chi connectivity index (χ1n) is 6.47. The van der Waals surface area contributed by atoms with Crippen LogP contribution >= 0.6 is 11.6 Å². The van der Waals surface area contributed by atoms with E-state index < -0.39 is 0 Å². The van der Waals surface area contributed by atoms with Crippen molar-refractivity contribution < 1.29 is 4.74 Å². The molecular weight excluding hydrogens is 250 g/mol. The lowest BCUT2D eigenvalue weighted by atomic mass is 10.00. The van der Waals surface area contributed by atoms with Crippen LogP contribution in [0.15, 0.2) is 6.07 Å². The second-order valence-electron chi connectivity index (χ2n) is 4.77. The van der Waals surface area contributed by atoms with E-state index in [9.17, 15) is 0 Å². The Balaban J connectivity index is 2.17. The van der Waals surface area contributed by atoms with Crippen molar-refractivity contribution >= 4 is 17.4 Å². The van der Waals surface area contributed by atoms with Gasteiger partial charge in [0, 0.05) is 24.5 Å². The molecule has 2 atom stereocenters. The molecule has 2 unspecified atom stereocenters. The maximum absolute atomic E-state index is 6.25. The van der Waals surface area contributed by atoms with Crippen molar-refractivity contribution in [3.05, 3.63) is 11.9 Å². The third-order valence-electron chi connectivity index (χ3n) is 3.22. The summed E-state index contributed by atoms with van der Waals surface area (Å²) in [6, 6.07) is 1.91. The number of aromatic nitrogens is 2. The smallest absolute Gasteiger partial charge is 0.218 e. The van der Waals surface area contributed by atoms with Crippen LogP contribution in [0.2, 0.25) is 0 Å². The highest BCUT2D eigenvalue weighted by Gasteiger charge is 2.25. The number of ether oxygens (including phenoxy) is 1. The highest BCUT2D eigenvalue weighted by molar-refractivity contribution is 6.20. The number of hydrogen-bond acceptors (Lipinski definition) is 4. The van der Waals surface area contributed by atoms with Gasteiger partial charge in [-0.15, -0.1) is 11.6 Å². The van der Waals surface area contributed by atoms with E-state index in [1.807, 2.05) is 19.9 Å². The van der Waals surface area contributed by atoms with Gasteiger partial charge in [-0.1, -0.05) is 6.92 Å². The van der Waals surface area contributed by atoms with Crippen LogP contribution in [0.5, 0.6) is 5.88 Å². The van der Waals surface area contributed by atoms with Crippen LogP contribution in [0.25, 0.3) is 0 Å². The third kappa shape index (κ3) is 3.05.